The van der Waals surface area contributed by atoms with E-state index in [-0.39, 0.29) is 13.0 Å². The van der Waals surface area contributed by atoms with Crippen LogP contribution in [0.4, 0.5) is 5.69 Å². The van der Waals surface area contributed by atoms with E-state index < -0.39 is 34.4 Å². The van der Waals surface area contributed by atoms with Crippen LogP contribution in [-0.2, 0) is 32.6 Å². The van der Waals surface area contributed by atoms with Crippen LogP contribution < -0.4 is 9.62 Å². The molecular formula is C28H31Cl2N3O4S. The minimum atomic E-state index is -3.85. The molecule has 0 bridgehead atoms. The third-order valence-electron chi connectivity index (χ3n) is 6.43. The van der Waals surface area contributed by atoms with Gasteiger partial charge in [-0.3, -0.25) is 13.9 Å². The van der Waals surface area contributed by atoms with Crippen molar-refractivity contribution in [3.05, 3.63) is 99.0 Å². The minimum Gasteiger partial charge on any atom is -0.357 e. The maximum Gasteiger partial charge on any atom is 0.244 e. The molecule has 0 aliphatic rings. The fourth-order valence-electron chi connectivity index (χ4n) is 4.17. The summed E-state index contributed by atoms with van der Waals surface area (Å²) in [6, 6.07) is 18.6. The Morgan fingerprint density at radius 3 is 2.11 bits per heavy atom. The number of halogens is 2. The van der Waals surface area contributed by atoms with Crippen LogP contribution in [0.1, 0.15) is 22.3 Å². The van der Waals surface area contributed by atoms with Crippen molar-refractivity contribution in [2.24, 2.45) is 0 Å². The molecule has 202 valence electrons. The predicted molar refractivity (Wildman–Crippen MR) is 153 cm³/mol. The zero-order valence-corrected chi connectivity index (χ0v) is 24.1. The van der Waals surface area contributed by atoms with Crippen molar-refractivity contribution in [2.75, 3.05) is 24.2 Å². The van der Waals surface area contributed by atoms with Crippen LogP contribution in [0.2, 0.25) is 10.0 Å². The summed E-state index contributed by atoms with van der Waals surface area (Å²) in [6.07, 6.45) is 1.26. The number of likely N-dealkylation sites (N-methyl/N-ethyl adjacent to an activating group) is 1. The number of amides is 2. The first kappa shape index (κ1) is 29.5. The normalized spacial score (nSPS) is 12.1. The molecule has 0 saturated carbocycles. The SMILES string of the molecule is CNC(=O)[C@@H](Cc1ccccc1)N(Cc1c(Cl)cccc1Cl)C(=O)CN(c1cccc(C)c1C)S(C)(=O)=O. The van der Waals surface area contributed by atoms with Crippen molar-refractivity contribution in [1.82, 2.24) is 10.2 Å². The largest absolute Gasteiger partial charge is 0.357 e. The summed E-state index contributed by atoms with van der Waals surface area (Å²) in [4.78, 5) is 28.5. The third kappa shape index (κ3) is 7.07. The maximum atomic E-state index is 14.0. The molecule has 7 nitrogen and oxygen atoms in total. The Labute approximate surface area is 234 Å². The molecule has 0 saturated heterocycles. The number of anilines is 1. The van der Waals surface area contributed by atoms with Crippen molar-refractivity contribution >= 4 is 50.7 Å². The molecule has 0 aliphatic carbocycles. The Hall–Kier alpha value is -3.07. The van der Waals surface area contributed by atoms with Crippen molar-refractivity contribution in [2.45, 2.75) is 32.9 Å². The molecule has 0 heterocycles. The van der Waals surface area contributed by atoms with E-state index >= 15 is 0 Å². The third-order valence-corrected chi connectivity index (χ3v) is 8.27. The molecule has 1 N–H and O–H groups in total. The first-order valence-corrected chi connectivity index (χ1v) is 14.6. The van der Waals surface area contributed by atoms with Gasteiger partial charge in [0.2, 0.25) is 21.8 Å². The lowest BCUT2D eigenvalue weighted by Crippen LogP contribution is -2.53. The van der Waals surface area contributed by atoms with Gasteiger partial charge < -0.3 is 10.2 Å². The van der Waals surface area contributed by atoms with Crippen LogP contribution in [-0.4, -0.2) is 51.0 Å². The number of sulfonamides is 1. The fourth-order valence-corrected chi connectivity index (χ4v) is 5.59. The van der Waals surface area contributed by atoms with Gasteiger partial charge in [0.1, 0.15) is 12.6 Å². The Morgan fingerprint density at radius 2 is 1.53 bits per heavy atom. The van der Waals surface area contributed by atoms with Crippen LogP contribution in [0.3, 0.4) is 0 Å². The number of carbonyl (C=O) groups excluding carboxylic acids is 2. The van der Waals surface area contributed by atoms with Gasteiger partial charge in [0.25, 0.3) is 0 Å². The monoisotopic (exact) mass is 575 g/mol. The van der Waals surface area contributed by atoms with Gasteiger partial charge in [0.05, 0.1) is 11.9 Å². The summed E-state index contributed by atoms with van der Waals surface area (Å²) in [5, 5.41) is 3.30. The van der Waals surface area contributed by atoms with E-state index in [9.17, 15) is 18.0 Å². The summed E-state index contributed by atoms with van der Waals surface area (Å²) < 4.78 is 26.9. The second-order valence-electron chi connectivity index (χ2n) is 9.03. The quantitative estimate of drug-likeness (QED) is 0.377. The number of nitrogens with zero attached hydrogens (tertiary/aromatic N) is 2. The second kappa shape index (κ2) is 12.7. The topological polar surface area (TPSA) is 86.8 Å². The average molecular weight is 577 g/mol. The fraction of sp³-hybridized carbons (Fsp3) is 0.286. The Kier molecular flexibility index (Phi) is 9.82. The van der Waals surface area contributed by atoms with Gasteiger partial charge in [-0.25, -0.2) is 8.42 Å². The Morgan fingerprint density at radius 1 is 0.921 bits per heavy atom. The summed E-state index contributed by atoms with van der Waals surface area (Å²) in [5.41, 5.74) is 3.31. The van der Waals surface area contributed by atoms with E-state index in [1.54, 1.807) is 37.3 Å². The first-order valence-electron chi connectivity index (χ1n) is 12.0. The van der Waals surface area contributed by atoms with Gasteiger partial charge in [0, 0.05) is 35.6 Å². The number of aryl methyl sites for hydroxylation is 1. The van der Waals surface area contributed by atoms with E-state index in [1.807, 2.05) is 43.3 Å². The number of nitrogens with one attached hydrogen (secondary N) is 1. The van der Waals surface area contributed by atoms with Crippen LogP contribution in [0.25, 0.3) is 0 Å². The van der Waals surface area contributed by atoms with Gasteiger partial charge in [-0.1, -0.05) is 71.7 Å². The second-order valence-corrected chi connectivity index (χ2v) is 11.8. The van der Waals surface area contributed by atoms with Gasteiger partial charge in [-0.15, -0.1) is 0 Å². The lowest BCUT2D eigenvalue weighted by Gasteiger charge is -2.34. The molecule has 38 heavy (non-hydrogen) atoms. The molecule has 2 amide bonds. The van der Waals surface area contributed by atoms with Crippen molar-refractivity contribution < 1.29 is 18.0 Å². The molecule has 3 aromatic carbocycles. The summed E-state index contributed by atoms with van der Waals surface area (Å²) in [5.74, 6) is -0.972. The molecular weight excluding hydrogens is 545 g/mol. The highest BCUT2D eigenvalue weighted by molar-refractivity contribution is 7.92. The van der Waals surface area contributed by atoms with Crippen molar-refractivity contribution in [3.63, 3.8) is 0 Å². The molecule has 10 heteroatoms. The zero-order chi connectivity index (χ0) is 28.0. The van der Waals surface area contributed by atoms with Crippen LogP contribution in [0, 0.1) is 13.8 Å². The number of hydrogen-bond acceptors (Lipinski definition) is 4. The molecule has 0 aliphatic heterocycles. The molecule has 0 unspecified atom stereocenters. The summed E-state index contributed by atoms with van der Waals surface area (Å²) in [7, 11) is -2.36. The Bertz CT molecular complexity index is 1390. The molecule has 3 rings (SSSR count). The smallest absolute Gasteiger partial charge is 0.244 e. The predicted octanol–water partition coefficient (Wildman–Crippen LogP) is 4.76. The average Bonchev–Trinajstić information content (AvgIpc) is 2.87. The van der Waals surface area contributed by atoms with Crippen LogP contribution in [0.15, 0.2) is 66.7 Å². The molecule has 0 fully saturated rings. The molecule has 0 spiro atoms. The summed E-state index contributed by atoms with van der Waals surface area (Å²) in [6.45, 7) is 3.08. The first-order chi connectivity index (χ1) is 17.9. The van der Waals surface area contributed by atoms with Crippen molar-refractivity contribution in [1.29, 1.82) is 0 Å². The molecule has 0 aromatic heterocycles. The Balaban J connectivity index is 2.10. The van der Waals surface area contributed by atoms with Gasteiger partial charge in [0.15, 0.2) is 0 Å². The van der Waals surface area contributed by atoms with E-state index in [1.165, 1.54) is 11.9 Å². The maximum absolute atomic E-state index is 14.0. The van der Waals surface area contributed by atoms with Gasteiger partial charge >= 0.3 is 0 Å². The number of rotatable bonds is 10. The summed E-state index contributed by atoms with van der Waals surface area (Å²) >= 11 is 12.9. The van der Waals surface area contributed by atoms with Gasteiger partial charge in [-0.2, -0.15) is 0 Å². The standard InChI is InChI=1S/C28H31Cl2N3O4S/c1-19-10-8-15-25(20(19)2)33(38(4,36)37)18-27(34)32(17-22-23(29)13-9-14-24(22)30)26(28(35)31-3)16-21-11-6-5-7-12-21/h5-15,26H,16-18H2,1-4H3,(H,31,35)/t26-/m1/s1. The molecule has 1 atom stereocenters. The number of benzene rings is 3. The minimum absolute atomic E-state index is 0.0906. The molecule has 0 radical (unpaired) electrons. The highest BCUT2D eigenvalue weighted by Gasteiger charge is 2.33. The lowest BCUT2D eigenvalue weighted by atomic mass is 10.0. The van der Waals surface area contributed by atoms with Gasteiger partial charge in [-0.05, 0) is 48.7 Å². The van der Waals surface area contributed by atoms with Crippen molar-refractivity contribution in [3.8, 4) is 0 Å². The number of hydrogen-bond donors (Lipinski definition) is 1. The van der Waals surface area contributed by atoms with E-state index in [0.29, 0.717) is 21.3 Å². The zero-order valence-electron chi connectivity index (χ0n) is 21.7. The van der Waals surface area contributed by atoms with E-state index in [0.717, 1.165) is 27.3 Å². The lowest BCUT2D eigenvalue weighted by molar-refractivity contribution is -0.139. The van der Waals surface area contributed by atoms with E-state index in [2.05, 4.69) is 5.32 Å². The number of carbonyl (C=O) groups is 2. The highest BCUT2D eigenvalue weighted by Crippen LogP contribution is 2.29. The highest BCUT2D eigenvalue weighted by atomic mass is 35.5. The van der Waals surface area contributed by atoms with Crippen LogP contribution in [0.5, 0.6) is 0 Å². The molecule has 3 aromatic rings. The van der Waals surface area contributed by atoms with E-state index in [4.69, 9.17) is 23.2 Å². The van der Waals surface area contributed by atoms with Crippen LogP contribution >= 0.6 is 23.2 Å².